The first kappa shape index (κ1) is 14.7. The summed E-state index contributed by atoms with van der Waals surface area (Å²) in [6.07, 6.45) is 3.13. The van der Waals surface area contributed by atoms with Crippen LogP contribution in [0.4, 0.5) is 15.8 Å². The van der Waals surface area contributed by atoms with E-state index in [0.717, 1.165) is 23.8 Å². The fourth-order valence-corrected chi connectivity index (χ4v) is 3.05. The topological polar surface area (TPSA) is 66.5 Å². The van der Waals surface area contributed by atoms with Gasteiger partial charge in [-0.05, 0) is 37.8 Å². The molecule has 0 aromatic heterocycles. The van der Waals surface area contributed by atoms with E-state index < -0.39 is 17.6 Å². The molecule has 0 saturated carbocycles. The second-order valence-electron chi connectivity index (χ2n) is 5.16. The minimum atomic E-state index is -0.789. The lowest BCUT2D eigenvalue weighted by Crippen LogP contribution is -2.32. The summed E-state index contributed by atoms with van der Waals surface area (Å²) >= 11 is 5.82. The number of nitrogens with zero attached hydrogens (tertiary/aromatic N) is 1. The number of imide groups is 1. The quantitative estimate of drug-likeness (QED) is 0.687. The summed E-state index contributed by atoms with van der Waals surface area (Å²) < 4.78 is 14.2. The normalized spacial score (nSPS) is 17.8. The van der Waals surface area contributed by atoms with Gasteiger partial charge in [0.1, 0.15) is 5.82 Å². The Morgan fingerprint density at radius 1 is 1.14 bits per heavy atom. The molecule has 1 aliphatic carbocycles. The van der Waals surface area contributed by atoms with Gasteiger partial charge in [0.25, 0.3) is 11.8 Å². The molecule has 1 aromatic rings. The first-order chi connectivity index (χ1) is 10.5. The molecular formula is C15H12ClFN2O3. The van der Waals surface area contributed by atoms with E-state index in [-0.39, 0.29) is 16.4 Å². The van der Waals surface area contributed by atoms with E-state index in [1.807, 2.05) is 0 Å². The van der Waals surface area contributed by atoms with Crippen molar-refractivity contribution in [1.29, 1.82) is 0 Å². The van der Waals surface area contributed by atoms with Crippen molar-refractivity contribution in [3.05, 3.63) is 34.1 Å². The van der Waals surface area contributed by atoms with Crippen LogP contribution >= 0.6 is 11.6 Å². The molecular weight excluding hydrogens is 311 g/mol. The van der Waals surface area contributed by atoms with Gasteiger partial charge < -0.3 is 5.32 Å². The molecule has 7 heteroatoms. The Balaban J connectivity index is 2.05. The minimum absolute atomic E-state index is 0.00910. The predicted octanol–water partition coefficient (Wildman–Crippen LogP) is 2.79. The number of anilines is 2. The molecule has 1 N–H and O–H groups in total. The SMILES string of the molecule is O=CNc1cc(N2C(=O)C3=C(CCCC3)C2=O)c(F)cc1Cl. The number of carbonyl (C=O) groups is 3. The summed E-state index contributed by atoms with van der Waals surface area (Å²) in [4.78, 5) is 36.2. The molecule has 0 spiro atoms. The van der Waals surface area contributed by atoms with Gasteiger partial charge in [-0.1, -0.05) is 11.6 Å². The number of nitrogens with one attached hydrogen (secondary N) is 1. The molecule has 1 aliphatic heterocycles. The summed E-state index contributed by atoms with van der Waals surface area (Å²) in [5.74, 6) is -1.76. The molecule has 114 valence electrons. The van der Waals surface area contributed by atoms with Gasteiger partial charge in [0.15, 0.2) is 0 Å². The number of amides is 3. The highest BCUT2D eigenvalue weighted by Crippen LogP contribution is 2.38. The van der Waals surface area contributed by atoms with Gasteiger partial charge >= 0.3 is 0 Å². The molecule has 0 saturated heterocycles. The lowest BCUT2D eigenvalue weighted by atomic mass is 9.93. The van der Waals surface area contributed by atoms with Crippen LogP contribution in [0.25, 0.3) is 0 Å². The zero-order valence-electron chi connectivity index (χ0n) is 11.5. The summed E-state index contributed by atoms with van der Waals surface area (Å²) in [5.41, 5.74) is 0.877. The Morgan fingerprint density at radius 2 is 1.73 bits per heavy atom. The standard InChI is InChI=1S/C15H12ClFN2O3/c16-10-5-11(17)13(6-12(10)18-7-20)19-14(21)8-3-1-2-4-9(8)15(19)22/h5-7H,1-4H2,(H,18,20). The first-order valence-electron chi connectivity index (χ1n) is 6.84. The van der Waals surface area contributed by atoms with Gasteiger partial charge in [0.05, 0.1) is 16.4 Å². The molecule has 0 unspecified atom stereocenters. The van der Waals surface area contributed by atoms with Crippen LogP contribution in [0.5, 0.6) is 0 Å². The monoisotopic (exact) mass is 322 g/mol. The predicted molar refractivity (Wildman–Crippen MR) is 79.1 cm³/mol. The number of hydrogen-bond donors (Lipinski definition) is 1. The third kappa shape index (κ3) is 2.20. The summed E-state index contributed by atoms with van der Waals surface area (Å²) in [6, 6.07) is 2.17. The van der Waals surface area contributed by atoms with Crippen LogP contribution in [-0.2, 0) is 14.4 Å². The Morgan fingerprint density at radius 3 is 2.27 bits per heavy atom. The third-order valence-corrected chi connectivity index (χ3v) is 4.19. The number of benzene rings is 1. The van der Waals surface area contributed by atoms with Crippen molar-refractivity contribution < 1.29 is 18.8 Å². The molecule has 22 heavy (non-hydrogen) atoms. The fourth-order valence-electron chi connectivity index (χ4n) is 2.84. The van der Waals surface area contributed by atoms with Crippen molar-refractivity contribution in [2.45, 2.75) is 25.7 Å². The smallest absolute Gasteiger partial charge is 0.261 e. The van der Waals surface area contributed by atoms with Crippen LogP contribution in [-0.4, -0.2) is 18.2 Å². The summed E-state index contributed by atoms with van der Waals surface area (Å²) in [7, 11) is 0. The average molecular weight is 323 g/mol. The molecule has 3 amide bonds. The maximum absolute atomic E-state index is 14.2. The fraction of sp³-hybridized carbons (Fsp3) is 0.267. The van der Waals surface area contributed by atoms with E-state index in [1.165, 1.54) is 6.07 Å². The average Bonchev–Trinajstić information content (AvgIpc) is 2.75. The summed E-state index contributed by atoms with van der Waals surface area (Å²) in [6.45, 7) is 0. The zero-order valence-corrected chi connectivity index (χ0v) is 12.2. The van der Waals surface area contributed by atoms with Gasteiger partial charge in [0.2, 0.25) is 6.41 Å². The van der Waals surface area contributed by atoms with Crippen molar-refractivity contribution in [3.63, 3.8) is 0 Å². The Labute approximate surface area is 130 Å². The molecule has 2 aliphatic rings. The van der Waals surface area contributed by atoms with Crippen LogP contribution < -0.4 is 10.2 Å². The molecule has 0 bridgehead atoms. The maximum atomic E-state index is 14.2. The van der Waals surface area contributed by atoms with Crippen LogP contribution in [0, 0.1) is 5.82 Å². The second-order valence-corrected chi connectivity index (χ2v) is 5.56. The number of halogens is 2. The minimum Gasteiger partial charge on any atom is -0.327 e. The highest BCUT2D eigenvalue weighted by Gasteiger charge is 2.40. The molecule has 1 aromatic carbocycles. The van der Waals surface area contributed by atoms with Gasteiger partial charge in [0, 0.05) is 11.1 Å². The first-order valence-corrected chi connectivity index (χ1v) is 7.22. The maximum Gasteiger partial charge on any atom is 0.261 e. The molecule has 0 atom stereocenters. The number of hydrogen-bond acceptors (Lipinski definition) is 3. The lowest BCUT2D eigenvalue weighted by molar-refractivity contribution is -0.120. The molecule has 0 radical (unpaired) electrons. The summed E-state index contributed by atoms with van der Waals surface area (Å²) in [5, 5.41) is 2.31. The van der Waals surface area contributed by atoms with Crippen LogP contribution in [0.2, 0.25) is 5.02 Å². The van der Waals surface area contributed by atoms with Gasteiger partial charge in [-0.15, -0.1) is 0 Å². The number of carbonyl (C=O) groups excluding carboxylic acids is 3. The molecule has 3 rings (SSSR count). The third-order valence-electron chi connectivity index (χ3n) is 3.88. The highest BCUT2D eigenvalue weighted by atomic mass is 35.5. The Bertz CT molecular complexity index is 702. The Kier molecular flexibility index (Phi) is 3.70. The van der Waals surface area contributed by atoms with Crippen molar-refractivity contribution in [1.82, 2.24) is 0 Å². The van der Waals surface area contributed by atoms with Gasteiger partial charge in [-0.25, -0.2) is 9.29 Å². The van der Waals surface area contributed by atoms with E-state index in [0.29, 0.717) is 30.4 Å². The second kappa shape index (κ2) is 5.53. The molecule has 5 nitrogen and oxygen atoms in total. The van der Waals surface area contributed by atoms with Crippen molar-refractivity contribution in [3.8, 4) is 0 Å². The zero-order chi connectivity index (χ0) is 15.9. The van der Waals surface area contributed by atoms with Crippen molar-refractivity contribution in [2.24, 2.45) is 0 Å². The van der Waals surface area contributed by atoms with Crippen molar-refractivity contribution in [2.75, 3.05) is 10.2 Å². The highest BCUT2D eigenvalue weighted by molar-refractivity contribution is 6.35. The van der Waals surface area contributed by atoms with Crippen LogP contribution in [0.3, 0.4) is 0 Å². The van der Waals surface area contributed by atoms with Crippen LogP contribution in [0.1, 0.15) is 25.7 Å². The van der Waals surface area contributed by atoms with E-state index in [9.17, 15) is 18.8 Å². The van der Waals surface area contributed by atoms with Crippen molar-refractivity contribution >= 4 is 41.2 Å². The van der Waals surface area contributed by atoms with E-state index in [2.05, 4.69) is 5.32 Å². The molecule has 0 fully saturated rings. The largest absolute Gasteiger partial charge is 0.327 e. The van der Waals surface area contributed by atoms with Crippen LogP contribution in [0.15, 0.2) is 23.3 Å². The number of rotatable bonds is 3. The van der Waals surface area contributed by atoms with Gasteiger partial charge in [-0.3, -0.25) is 14.4 Å². The van der Waals surface area contributed by atoms with E-state index >= 15 is 0 Å². The molecule has 1 heterocycles. The lowest BCUT2D eigenvalue weighted by Gasteiger charge is -2.17. The van der Waals surface area contributed by atoms with E-state index in [1.54, 1.807) is 0 Å². The van der Waals surface area contributed by atoms with E-state index in [4.69, 9.17) is 11.6 Å². The van der Waals surface area contributed by atoms with Gasteiger partial charge in [-0.2, -0.15) is 0 Å². The Hall–Kier alpha value is -2.21.